The summed E-state index contributed by atoms with van der Waals surface area (Å²) in [5.74, 6) is -0.324. The molecule has 0 bridgehead atoms. The maximum Gasteiger partial charge on any atom is 0.325 e. The van der Waals surface area contributed by atoms with Crippen molar-refractivity contribution in [2.45, 2.75) is 5.54 Å². The zero-order chi connectivity index (χ0) is 11.1. The zero-order valence-electron chi connectivity index (χ0n) is 8.28. The summed E-state index contributed by atoms with van der Waals surface area (Å²) in [4.78, 5) is 27.2. The van der Waals surface area contributed by atoms with Gasteiger partial charge in [0.05, 0.1) is 0 Å². The van der Waals surface area contributed by atoms with Crippen LogP contribution in [0.3, 0.4) is 0 Å². The first-order valence-electron chi connectivity index (χ1n) is 4.55. The molecule has 1 atom stereocenters. The standard InChI is InChI=1S/C9H12N4O2/c1-13-7(14)9(5-10,12-8(13)15)6-2-3-11-4-6/h2-4,11H,5,10H2,1H3,(H,12,15). The summed E-state index contributed by atoms with van der Waals surface area (Å²) in [5.41, 5.74) is 5.17. The van der Waals surface area contributed by atoms with Gasteiger partial charge in [-0.15, -0.1) is 0 Å². The normalized spacial score (nSPS) is 25.9. The number of rotatable bonds is 2. The molecule has 1 fully saturated rings. The van der Waals surface area contributed by atoms with Crippen molar-refractivity contribution >= 4 is 11.9 Å². The largest absolute Gasteiger partial charge is 0.367 e. The number of nitrogens with zero attached hydrogens (tertiary/aromatic N) is 1. The molecular formula is C9H12N4O2. The molecule has 3 amide bonds. The van der Waals surface area contributed by atoms with Crippen LogP contribution in [0.1, 0.15) is 5.56 Å². The number of H-pyrrole nitrogens is 1. The lowest BCUT2D eigenvalue weighted by atomic mass is 9.92. The minimum Gasteiger partial charge on any atom is -0.367 e. The minimum atomic E-state index is -1.11. The van der Waals surface area contributed by atoms with Gasteiger partial charge in [-0.1, -0.05) is 0 Å². The van der Waals surface area contributed by atoms with Crippen molar-refractivity contribution < 1.29 is 9.59 Å². The predicted molar refractivity (Wildman–Crippen MR) is 52.8 cm³/mol. The van der Waals surface area contributed by atoms with Gasteiger partial charge in [0.2, 0.25) is 0 Å². The van der Waals surface area contributed by atoms with Crippen molar-refractivity contribution in [3.63, 3.8) is 0 Å². The molecule has 0 spiro atoms. The van der Waals surface area contributed by atoms with Gasteiger partial charge in [0.15, 0.2) is 5.54 Å². The molecule has 1 aromatic heterocycles. The number of nitrogens with one attached hydrogen (secondary N) is 2. The molecule has 2 heterocycles. The Hall–Kier alpha value is -1.82. The van der Waals surface area contributed by atoms with E-state index in [1.807, 2.05) is 0 Å². The molecule has 1 saturated heterocycles. The van der Waals surface area contributed by atoms with Crippen LogP contribution in [0.25, 0.3) is 0 Å². The number of imide groups is 1. The van der Waals surface area contributed by atoms with Gasteiger partial charge in [-0.2, -0.15) is 0 Å². The molecule has 6 heteroatoms. The van der Waals surface area contributed by atoms with Crippen LogP contribution in [0, 0.1) is 0 Å². The van der Waals surface area contributed by atoms with Gasteiger partial charge >= 0.3 is 6.03 Å². The van der Waals surface area contributed by atoms with Gasteiger partial charge in [-0.3, -0.25) is 9.69 Å². The van der Waals surface area contributed by atoms with Gasteiger partial charge in [-0.25, -0.2) is 4.79 Å². The molecule has 15 heavy (non-hydrogen) atoms. The third-order valence-corrected chi connectivity index (χ3v) is 2.69. The Bertz CT molecular complexity index is 400. The lowest BCUT2D eigenvalue weighted by molar-refractivity contribution is -0.130. The Morgan fingerprint density at radius 2 is 2.27 bits per heavy atom. The molecule has 0 radical (unpaired) electrons. The molecule has 1 aliphatic heterocycles. The Kier molecular flexibility index (Phi) is 2.01. The maximum atomic E-state index is 11.9. The first kappa shape index (κ1) is 9.72. The highest BCUT2D eigenvalue weighted by molar-refractivity contribution is 6.07. The van der Waals surface area contributed by atoms with Gasteiger partial charge < -0.3 is 16.0 Å². The Balaban J connectivity index is 2.48. The number of hydrogen-bond donors (Lipinski definition) is 3. The molecule has 1 aliphatic rings. The number of aromatic amines is 1. The highest BCUT2D eigenvalue weighted by Crippen LogP contribution is 2.26. The van der Waals surface area contributed by atoms with Crippen LogP contribution in [0.15, 0.2) is 18.5 Å². The number of carbonyl (C=O) groups excluding carboxylic acids is 2. The first-order valence-corrected chi connectivity index (χ1v) is 4.55. The molecule has 80 valence electrons. The van der Waals surface area contributed by atoms with E-state index in [0.29, 0.717) is 5.56 Å². The lowest BCUT2D eigenvalue weighted by Crippen LogP contribution is -2.49. The van der Waals surface area contributed by atoms with E-state index in [-0.39, 0.29) is 12.5 Å². The molecule has 6 nitrogen and oxygen atoms in total. The third-order valence-electron chi connectivity index (χ3n) is 2.69. The van der Waals surface area contributed by atoms with Crippen molar-refractivity contribution in [3.8, 4) is 0 Å². The number of urea groups is 1. The molecule has 1 aromatic rings. The summed E-state index contributed by atoms with van der Waals surface area (Å²) in [6, 6.07) is 1.30. The van der Waals surface area contributed by atoms with Crippen LogP contribution in [0.5, 0.6) is 0 Å². The van der Waals surface area contributed by atoms with Crippen molar-refractivity contribution in [2.75, 3.05) is 13.6 Å². The Labute approximate surface area is 86.4 Å². The topological polar surface area (TPSA) is 91.2 Å². The van der Waals surface area contributed by atoms with Crippen LogP contribution in [-0.4, -0.2) is 35.4 Å². The van der Waals surface area contributed by atoms with Crippen molar-refractivity contribution in [1.82, 2.24) is 15.2 Å². The van der Waals surface area contributed by atoms with E-state index in [2.05, 4.69) is 10.3 Å². The van der Waals surface area contributed by atoms with E-state index >= 15 is 0 Å². The molecular weight excluding hydrogens is 196 g/mol. The second-order valence-corrected chi connectivity index (χ2v) is 3.50. The minimum absolute atomic E-state index is 0.0414. The van der Waals surface area contributed by atoms with Gasteiger partial charge in [0.1, 0.15) is 0 Å². The number of likely N-dealkylation sites (N-methyl/N-ethyl adjacent to an activating group) is 1. The molecule has 4 N–H and O–H groups in total. The number of hydrogen-bond acceptors (Lipinski definition) is 3. The SMILES string of the molecule is CN1C(=O)NC(CN)(c2cc[nH]c2)C1=O. The van der Waals surface area contributed by atoms with Crippen LogP contribution in [0.2, 0.25) is 0 Å². The van der Waals surface area contributed by atoms with Gasteiger partial charge in [0.25, 0.3) is 5.91 Å². The highest BCUT2D eigenvalue weighted by atomic mass is 16.2. The molecule has 1 unspecified atom stereocenters. The van der Waals surface area contributed by atoms with Crippen LogP contribution in [-0.2, 0) is 10.3 Å². The monoisotopic (exact) mass is 208 g/mol. The average molecular weight is 208 g/mol. The summed E-state index contributed by atoms with van der Waals surface area (Å²) in [6.07, 6.45) is 3.34. The zero-order valence-corrected chi connectivity index (χ0v) is 8.28. The number of carbonyl (C=O) groups is 2. The molecule has 0 aromatic carbocycles. The maximum absolute atomic E-state index is 11.9. The third kappa shape index (κ3) is 1.15. The van der Waals surface area contributed by atoms with E-state index in [0.717, 1.165) is 4.90 Å². The number of amides is 3. The second-order valence-electron chi connectivity index (χ2n) is 3.50. The summed E-state index contributed by atoms with van der Waals surface area (Å²) in [7, 11) is 1.43. The number of nitrogens with two attached hydrogens (primary N) is 1. The number of aromatic nitrogens is 1. The highest BCUT2D eigenvalue weighted by Gasteiger charge is 2.50. The smallest absolute Gasteiger partial charge is 0.325 e. The fourth-order valence-corrected chi connectivity index (χ4v) is 1.74. The Morgan fingerprint density at radius 3 is 2.67 bits per heavy atom. The molecule has 2 rings (SSSR count). The average Bonchev–Trinajstić information content (AvgIpc) is 2.82. The quantitative estimate of drug-likeness (QED) is 0.564. The van der Waals surface area contributed by atoms with E-state index in [1.165, 1.54) is 7.05 Å². The fraction of sp³-hybridized carbons (Fsp3) is 0.333. The van der Waals surface area contributed by atoms with E-state index in [4.69, 9.17) is 5.73 Å². The first-order chi connectivity index (χ1) is 7.12. The summed E-state index contributed by atoms with van der Waals surface area (Å²) in [5, 5.41) is 2.61. The van der Waals surface area contributed by atoms with Crippen LogP contribution >= 0.6 is 0 Å². The summed E-state index contributed by atoms with van der Waals surface area (Å²) < 4.78 is 0. The van der Waals surface area contributed by atoms with E-state index in [9.17, 15) is 9.59 Å². The molecule has 0 saturated carbocycles. The van der Waals surface area contributed by atoms with Crippen molar-refractivity contribution in [2.24, 2.45) is 5.73 Å². The second kappa shape index (κ2) is 3.09. The summed E-state index contributed by atoms with van der Waals surface area (Å²) in [6.45, 7) is 0.0414. The predicted octanol–water partition coefficient (Wildman–Crippen LogP) is -0.650. The van der Waals surface area contributed by atoms with Gasteiger partial charge in [-0.05, 0) is 6.07 Å². The van der Waals surface area contributed by atoms with Crippen molar-refractivity contribution in [1.29, 1.82) is 0 Å². The van der Waals surface area contributed by atoms with E-state index in [1.54, 1.807) is 18.5 Å². The summed E-state index contributed by atoms with van der Waals surface area (Å²) >= 11 is 0. The molecule has 0 aliphatic carbocycles. The fourth-order valence-electron chi connectivity index (χ4n) is 1.74. The van der Waals surface area contributed by atoms with Crippen LogP contribution in [0.4, 0.5) is 4.79 Å². The van der Waals surface area contributed by atoms with Gasteiger partial charge in [0, 0.05) is 31.5 Å². The van der Waals surface area contributed by atoms with Crippen molar-refractivity contribution in [3.05, 3.63) is 24.0 Å². The Morgan fingerprint density at radius 1 is 1.53 bits per heavy atom. The van der Waals surface area contributed by atoms with E-state index < -0.39 is 11.6 Å². The lowest BCUT2D eigenvalue weighted by Gasteiger charge is -2.23. The van der Waals surface area contributed by atoms with Crippen LogP contribution < -0.4 is 11.1 Å².